The molecule has 0 aliphatic carbocycles. The molecule has 0 bridgehead atoms. The Kier molecular flexibility index (Phi) is 3.31. The Balaban J connectivity index is 1.66. The van der Waals surface area contributed by atoms with Crippen molar-refractivity contribution in [3.8, 4) is 5.69 Å². The third kappa shape index (κ3) is 2.46. The number of aryl methyl sites for hydroxylation is 1. The molecule has 0 amide bonds. The van der Waals surface area contributed by atoms with Crippen molar-refractivity contribution in [3.05, 3.63) is 54.2 Å². The molecule has 2 heterocycles. The molecule has 1 saturated heterocycles. The van der Waals surface area contributed by atoms with Gasteiger partial charge in [0.2, 0.25) is 0 Å². The van der Waals surface area contributed by atoms with E-state index >= 15 is 0 Å². The molecule has 2 N–H and O–H groups in total. The molecule has 4 heteroatoms. The molecule has 1 aliphatic heterocycles. The summed E-state index contributed by atoms with van der Waals surface area (Å²) in [6, 6.07) is 14.9. The molecular weight excluding hydrogens is 272 g/mol. The minimum atomic E-state index is 0.748. The molecule has 0 atom stereocenters. The number of benzene rings is 2. The van der Waals surface area contributed by atoms with E-state index in [1.807, 2.05) is 10.9 Å². The van der Waals surface area contributed by atoms with E-state index in [-0.39, 0.29) is 0 Å². The molecule has 0 radical (unpaired) electrons. The second-order valence-electron chi connectivity index (χ2n) is 6.07. The van der Waals surface area contributed by atoms with Crippen molar-refractivity contribution < 1.29 is 0 Å². The van der Waals surface area contributed by atoms with Crippen LogP contribution in [0.3, 0.4) is 0 Å². The Morgan fingerprint density at radius 1 is 1.23 bits per heavy atom. The summed E-state index contributed by atoms with van der Waals surface area (Å²) in [5.74, 6) is 0.748. The number of rotatable bonds is 4. The number of nitrogens with zero attached hydrogens (tertiary/aromatic N) is 2. The monoisotopic (exact) mass is 292 g/mol. The van der Waals surface area contributed by atoms with Gasteiger partial charge in [-0.2, -0.15) is 5.10 Å². The summed E-state index contributed by atoms with van der Waals surface area (Å²) in [6.07, 6.45) is 1.93. The van der Waals surface area contributed by atoms with Gasteiger partial charge < -0.3 is 10.6 Å². The third-order valence-corrected chi connectivity index (χ3v) is 4.28. The van der Waals surface area contributed by atoms with Gasteiger partial charge in [-0.15, -0.1) is 0 Å². The fourth-order valence-electron chi connectivity index (χ4n) is 2.85. The van der Waals surface area contributed by atoms with Gasteiger partial charge in [-0.3, -0.25) is 0 Å². The van der Waals surface area contributed by atoms with Crippen LogP contribution in [-0.2, 0) is 0 Å². The Bertz CT molecular complexity index is 802. The minimum Gasteiger partial charge on any atom is -0.385 e. The second-order valence-corrected chi connectivity index (χ2v) is 6.07. The van der Waals surface area contributed by atoms with E-state index in [1.165, 1.54) is 5.56 Å². The highest BCUT2D eigenvalue weighted by Crippen LogP contribution is 2.23. The lowest BCUT2D eigenvalue weighted by molar-refractivity contribution is 0.365. The first-order chi connectivity index (χ1) is 10.8. The van der Waals surface area contributed by atoms with E-state index in [0.717, 1.165) is 47.8 Å². The molecule has 1 aromatic heterocycles. The van der Waals surface area contributed by atoms with Crippen molar-refractivity contribution in [1.82, 2.24) is 15.1 Å². The zero-order valence-electron chi connectivity index (χ0n) is 12.7. The number of hydrogen-bond donors (Lipinski definition) is 2. The van der Waals surface area contributed by atoms with Crippen LogP contribution in [0.25, 0.3) is 16.6 Å². The maximum absolute atomic E-state index is 4.55. The van der Waals surface area contributed by atoms with Crippen LogP contribution < -0.4 is 10.6 Å². The van der Waals surface area contributed by atoms with E-state index < -0.39 is 0 Å². The zero-order chi connectivity index (χ0) is 14.9. The van der Waals surface area contributed by atoms with Crippen LogP contribution in [0.4, 0.5) is 5.69 Å². The number of anilines is 1. The smallest absolute Gasteiger partial charge is 0.0761 e. The van der Waals surface area contributed by atoms with E-state index in [4.69, 9.17) is 0 Å². The number of hydrogen-bond acceptors (Lipinski definition) is 3. The van der Waals surface area contributed by atoms with E-state index in [2.05, 4.69) is 65.1 Å². The first-order valence-corrected chi connectivity index (χ1v) is 7.79. The maximum atomic E-state index is 4.55. The molecular formula is C18H20N4. The quantitative estimate of drug-likeness (QED) is 0.777. The van der Waals surface area contributed by atoms with E-state index in [9.17, 15) is 0 Å². The van der Waals surface area contributed by atoms with Crippen molar-refractivity contribution >= 4 is 16.6 Å². The molecule has 22 heavy (non-hydrogen) atoms. The van der Waals surface area contributed by atoms with Crippen molar-refractivity contribution in [1.29, 1.82) is 0 Å². The Morgan fingerprint density at radius 2 is 2.14 bits per heavy atom. The van der Waals surface area contributed by atoms with Gasteiger partial charge in [0.05, 0.1) is 17.4 Å². The normalized spacial score (nSPS) is 15.0. The summed E-state index contributed by atoms with van der Waals surface area (Å²) in [6.45, 7) is 5.37. The fraction of sp³-hybridized carbons (Fsp3) is 0.278. The van der Waals surface area contributed by atoms with Gasteiger partial charge in [-0.1, -0.05) is 12.1 Å². The van der Waals surface area contributed by atoms with Gasteiger partial charge in [0.1, 0.15) is 0 Å². The van der Waals surface area contributed by atoms with Gasteiger partial charge in [-0.05, 0) is 42.8 Å². The van der Waals surface area contributed by atoms with Crippen LogP contribution in [0.2, 0.25) is 0 Å². The van der Waals surface area contributed by atoms with Crippen LogP contribution in [0.15, 0.2) is 48.7 Å². The Hall–Kier alpha value is -2.33. The third-order valence-electron chi connectivity index (χ3n) is 4.28. The molecule has 0 spiro atoms. The van der Waals surface area contributed by atoms with Crippen molar-refractivity contribution in [2.75, 3.05) is 25.0 Å². The highest BCUT2D eigenvalue weighted by molar-refractivity contribution is 5.83. The second kappa shape index (κ2) is 5.46. The molecule has 112 valence electrons. The van der Waals surface area contributed by atoms with Crippen molar-refractivity contribution in [3.63, 3.8) is 0 Å². The number of nitrogens with one attached hydrogen (secondary N) is 2. The highest BCUT2D eigenvalue weighted by Gasteiger charge is 2.16. The largest absolute Gasteiger partial charge is 0.385 e. The van der Waals surface area contributed by atoms with Crippen LogP contribution in [-0.4, -0.2) is 29.4 Å². The lowest BCUT2D eigenvalue weighted by Crippen LogP contribution is -2.45. The first-order valence-electron chi connectivity index (χ1n) is 7.79. The number of aromatic nitrogens is 2. The summed E-state index contributed by atoms with van der Waals surface area (Å²) in [4.78, 5) is 0. The van der Waals surface area contributed by atoms with Crippen molar-refractivity contribution in [2.24, 2.45) is 5.92 Å². The lowest BCUT2D eigenvalue weighted by atomic mass is 10.0. The number of fused-ring (bicyclic) bond motifs is 1. The van der Waals surface area contributed by atoms with Gasteiger partial charge >= 0.3 is 0 Å². The van der Waals surface area contributed by atoms with Gasteiger partial charge in [0, 0.05) is 36.6 Å². The molecule has 1 aliphatic rings. The molecule has 1 fully saturated rings. The SMILES string of the molecule is Cc1cccc(-n2ncc3ccc(NCC4CNC4)cc32)c1. The predicted molar refractivity (Wildman–Crippen MR) is 90.7 cm³/mol. The molecule has 3 aromatic rings. The molecule has 4 nitrogen and oxygen atoms in total. The molecule has 0 saturated carbocycles. The van der Waals surface area contributed by atoms with Gasteiger partial charge in [0.25, 0.3) is 0 Å². The average Bonchev–Trinajstić information content (AvgIpc) is 2.89. The lowest BCUT2D eigenvalue weighted by Gasteiger charge is -2.27. The molecule has 0 unspecified atom stereocenters. The summed E-state index contributed by atoms with van der Waals surface area (Å²) in [5, 5.41) is 12.6. The first kappa shape index (κ1) is 13.3. The van der Waals surface area contributed by atoms with Crippen LogP contribution in [0.1, 0.15) is 5.56 Å². The summed E-state index contributed by atoms with van der Waals surface area (Å²) in [7, 11) is 0. The van der Waals surface area contributed by atoms with Crippen LogP contribution >= 0.6 is 0 Å². The summed E-state index contributed by atoms with van der Waals surface area (Å²) in [5.41, 5.74) is 4.65. The Labute approximate surface area is 130 Å². The average molecular weight is 292 g/mol. The summed E-state index contributed by atoms with van der Waals surface area (Å²) >= 11 is 0. The summed E-state index contributed by atoms with van der Waals surface area (Å²) < 4.78 is 2.01. The standard InChI is InChI=1S/C18H20N4/c1-13-3-2-4-17(7-13)22-18-8-16(6-5-15(18)12-21-22)20-11-14-9-19-10-14/h2-8,12,14,19-20H,9-11H2,1H3. The van der Waals surface area contributed by atoms with Crippen molar-refractivity contribution in [2.45, 2.75) is 6.92 Å². The predicted octanol–water partition coefficient (Wildman–Crippen LogP) is 2.97. The van der Waals surface area contributed by atoms with Gasteiger partial charge in [0.15, 0.2) is 0 Å². The zero-order valence-corrected chi connectivity index (χ0v) is 12.7. The Morgan fingerprint density at radius 3 is 2.91 bits per heavy atom. The fourth-order valence-corrected chi connectivity index (χ4v) is 2.85. The topological polar surface area (TPSA) is 41.9 Å². The molecule has 4 rings (SSSR count). The highest BCUT2D eigenvalue weighted by atomic mass is 15.3. The van der Waals surface area contributed by atoms with Crippen LogP contribution in [0.5, 0.6) is 0 Å². The van der Waals surface area contributed by atoms with Crippen LogP contribution in [0, 0.1) is 12.8 Å². The van der Waals surface area contributed by atoms with E-state index in [1.54, 1.807) is 0 Å². The maximum Gasteiger partial charge on any atom is 0.0761 e. The molecule has 2 aromatic carbocycles. The van der Waals surface area contributed by atoms with E-state index in [0.29, 0.717) is 0 Å². The minimum absolute atomic E-state index is 0.748. The van der Waals surface area contributed by atoms with Gasteiger partial charge in [-0.25, -0.2) is 4.68 Å².